The first-order valence-electron chi connectivity index (χ1n) is 6.15. The van der Waals surface area contributed by atoms with Gasteiger partial charge in [0.05, 0.1) is 0 Å². The number of carbonyl (C=O) groups is 1. The highest BCUT2D eigenvalue weighted by Crippen LogP contribution is 2.38. The number of ether oxygens (including phenoxy) is 1. The second kappa shape index (κ2) is 5.17. The van der Waals surface area contributed by atoms with E-state index in [1.807, 2.05) is 18.2 Å². The van der Waals surface area contributed by atoms with Gasteiger partial charge in [-0.3, -0.25) is 0 Å². The fourth-order valence-corrected chi connectivity index (χ4v) is 2.33. The minimum absolute atomic E-state index is 0.338. The maximum atomic E-state index is 11.6. The van der Waals surface area contributed by atoms with E-state index in [9.17, 15) is 4.79 Å². The van der Waals surface area contributed by atoms with Crippen LogP contribution in [0.4, 0.5) is 0 Å². The molecule has 2 rings (SSSR count). The highest BCUT2D eigenvalue weighted by Gasteiger charge is 2.21. The molecule has 1 saturated carbocycles. The molecule has 0 radical (unpaired) electrons. The third-order valence-corrected chi connectivity index (χ3v) is 3.27. The Kier molecular flexibility index (Phi) is 3.62. The van der Waals surface area contributed by atoms with Crippen molar-refractivity contribution in [1.29, 1.82) is 0 Å². The monoisotopic (exact) mass is 230 g/mol. The van der Waals surface area contributed by atoms with Gasteiger partial charge in [0.2, 0.25) is 0 Å². The van der Waals surface area contributed by atoms with Crippen molar-refractivity contribution in [1.82, 2.24) is 0 Å². The Balaban J connectivity index is 2.21. The minimum Gasteiger partial charge on any atom is -0.423 e. The molecule has 1 aliphatic carbocycles. The number of rotatable bonds is 3. The standard InChI is InChI=1S/C15H18O2/c1-11(2)15(16)17-14-10-6-5-9-13(14)12-7-3-4-8-12/h5-6,9-10,12H,1,3-4,7-8H2,2H3. The van der Waals surface area contributed by atoms with Gasteiger partial charge in [0.25, 0.3) is 0 Å². The van der Waals surface area contributed by atoms with Gasteiger partial charge >= 0.3 is 5.97 Å². The van der Waals surface area contributed by atoms with E-state index in [0.29, 0.717) is 17.2 Å². The molecular weight excluding hydrogens is 212 g/mol. The molecule has 1 aromatic rings. The third kappa shape index (κ3) is 2.76. The minimum atomic E-state index is -0.338. The summed E-state index contributed by atoms with van der Waals surface area (Å²) < 4.78 is 5.38. The number of esters is 1. The van der Waals surface area contributed by atoms with Crippen LogP contribution in [0.15, 0.2) is 36.4 Å². The fraction of sp³-hybridized carbons (Fsp3) is 0.400. The average Bonchev–Trinajstić information content (AvgIpc) is 2.83. The molecule has 17 heavy (non-hydrogen) atoms. The molecule has 0 aliphatic heterocycles. The quantitative estimate of drug-likeness (QED) is 0.448. The average molecular weight is 230 g/mol. The van der Waals surface area contributed by atoms with Crippen LogP contribution in [-0.2, 0) is 4.79 Å². The van der Waals surface area contributed by atoms with E-state index in [4.69, 9.17) is 4.74 Å². The molecule has 0 saturated heterocycles. The van der Waals surface area contributed by atoms with Gasteiger partial charge in [-0.15, -0.1) is 0 Å². The molecule has 0 aromatic heterocycles. The van der Waals surface area contributed by atoms with Gasteiger partial charge in [0.1, 0.15) is 5.75 Å². The van der Waals surface area contributed by atoms with Crippen LogP contribution in [0.1, 0.15) is 44.1 Å². The summed E-state index contributed by atoms with van der Waals surface area (Å²) in [6.45, 7) is 5.27. The Morgan fingerprint density at radius 2 is 1.94 bits per heavy atom. The topological polar surface area (TPSA) is 26.3 Å². The SMILES string of the molecule is C=C(C)C(=O)Oc1ccccc1C1CCCC1. The van der Waals surface area contributed by atoms with Crippen molar-refractivity contribution in [2.75, 3.05) is 0 Å². The zero-order valence-electron chi connectivity index (χ0n) is 10.2. The van der Waals surface area contributed by atoms with Crippen LogP contribution < -0.4 is 4.74 Å². The molecule has 2 heteroatoms. The summed E-state index contributed by atoms with van der Waals surface area (Å²) in [4.78, 5) is 11.6. The molecule has 0 heterocycles. The van der Waals surface area contributed by atoms with Gasteiger partial charge in [-0.2, -0.15) is 0 Å². The van der Waals surface area contributed by atoms with Crippen molar-refractivity contribution >= 4 is 5.97 Å². The zero-order valence-corrected chi connectivity index (χ0v) is 10.2. The van der Waals surface area contributed by atoms with Crippen LogP contribution in [0.25, 0.3) is 0 Å². The lowest BCUT2D eigenvalue weighted by atomic mass is 9.97. The molecule has 2 nitrogen and oxygen atoms in total. The van der Waals surface area contributed by atoms with Crippen molar-refractivity contribution in [3.63, 3.8) is 0 Å². The van der Waals surface area contributed by atoms with E-state index in [1.165, 1.54) is 31.2 Å². The first-order chi connectivity index (χ1) is 8.18. The third-order valence-electron chi connectivity index (χ3n) is 3.27. The number of hydrogen-bond acceptors (Lipinski definition) is 2. The first-order valence-corrected chi connectivity index (χ1v) is 6.15. The Labute approximate surface area is 102 Å². The largest absolute Gasteiger partial charge is 0.423 e. The lowest BCUT2D eigenvalue weighted by molar-refractivity contribution is -0.130. The van der Waals surface area contributed by atoms with Gasteiger partial charge < -0.3 is 4.74 Å². The molecule has 1 aromatic carbocycles. The molecule has 1 fully saturated rings. The van der Waals surface area contributed by atoms with Gasteiger partial charge in [0.15, 0.2) is 0 Å². The summed E-state index contributed by atoms with van der Waals surface area (Å²) in [5, 5.41) is 0. The van der Waals surface area contributed by atoms with Crippen molar-refractivity contribution < 1.29 is 9.53 Å². The molecule has 0 N–H and O–H groups in total. The Morgan fingerprint density at radius 1 is 1.29 bits per heavy atom. The van der Waals surface area contributed by atoms with Crippen LogP contribution in [0.5, 0.6) is 5.75 Å². The van der Waals surface area contributed by atoms with Crippen LogP contribution in [0, 0.1) is 0 Å². The van der Waals surface area contributed by atoms with E-state index in [0.717, 1.165) is 0 Å². The van der Waals surface area contributed by atoms with Gasteiger partial charge in [-0.05, 0) is 37.3 Å². The summed E-state index contributed by atoms with van der Waals surface area (Å²) >= 11 is 0. The summed E-state index contributed by atoms with van der Waals surface area (Å²) in [5.41, 5.74) is 1.60. The highest BCUT2D eigenvalue weighted by molar-refractivity contribution is 5.88. The number of benzene rings is 1. The van der Waals surface area contributed by atoms with E-state index >= 15 is 0 Å². The lowest BCUT2D eigenvalue weighted by Crippen LogP contribution is -2.10. The lowest BCUT2D eigenvalue weighted by Gasteiger charge is -2.14. The predicted molar refractivity (Wildman–Crippen MR) is 68.1 cm³/mol. The smallest absolute Gasteiger partial charge is 0.338 e. The van der Waals surface area contributed by atoms with Crippen molar-refractivity contribution in [2.45, 2.75) is 38.5 Å². The second-order valence-electron chi connectivity index (χ2n) is 4.69. The molecule has 0 unspecified atom stereocenters. The van der Waals surface area contributed by atoms with Gasteiger partial charge in [0, 0.05) is 5.57 Å². The number of carbonyl (C=O) groups excluding carboxylic acids is 1. The second-order valence-corrected chi connectivity index (χ2v) is 4.69. The molecular formula is C15H18O2. The summed E-state index contributed by atoms with van der Waals surface area (Å²) in [7, 11) is 0. The zero-order chi connectivity index (χ0) is 12.3. The molecule has 90 valence electrons. The Morgan fingerprint density at radius 3 is 2.59 bits per heavy atom. The predicted octanol–water partition coefficient (Wildman–Crippen LogP) is 3.83. The van der Waals surface area contributed by atoms with E-state index in [1.54, 1.807) is 6.92 Å². The fourth-order valence-electron chi connectivity index (χ4n) is 2.33. The van der Waals surface area contributed by atoms with Gasteiger partial charge in [-0.25, -0.2) is 4.79 Å². The highest BCUT2D eigenvalue weighted by atomic mass is 16.5. The number of para-hydroxylation sites is 1. The number of hydrogen-bond donors (Lipinski definition) is 0. The van der Waals surface area contributed by atoms with E-state index in [2.05, 4.69) is 12.6 Å². The van der Waals surface area contributed by atoms with E-state index in [-0.39, 0.29) is 5.97 Å². The molecule has 0 amide bonds. The maximum Gasteiger partial charge on any atom is 0.338 e. The molecule has 0 atom stereocenters. The molecule has 0 spiro atoms. The summed E-state index contributed by atoms with van der Waals surface area (Å²) in [6, 6.07) is 7.84. The first kappa shape index (κ1) is 11.9. The van der Waals surface area contributed by atoms with Gasteiger partial charge in [-0.1, -0.05) is 37.6 Å². The van der Waals surface area contributed by atoms with Crippen LogP contribution in [0.3, 0.4) is 0 Å². The Bertz CT molecular complexity index is 428. The van der Waals surface area contributed by atoms with Crippen molar-refractivity contribution in [3.05, 3.63) is 42.0 Å². The maximum absolute atomic E-state index is 11.6. The van der Waals surface area contributed by atoms with Crippen LogP contribution in [-0.4, -0.2) is 5.97 Å². The van der Waals surface area contributed by atoms with Crippen LogP contribution in [0.2, 0.25) is 0 Å². The van der Waals surface area contributed by atoms with Crippen LogP contribution >= 0.6 is 0 Å². The molecule has 1 aliphatic rings. The normalized spacial score (nSPS) is 15.8. The van der Waals surface area contributed by atoms with E-state index < -0.39 is 0 Å². The van der Waals surface area contributed by atoms with Crippen molar-refractivity contribution in [3.8, 4) is 5.75 Å². The Hall–Kier alpha value is -1.57. The summed E-state index contributed by atoms with van der Waals surface area (Å²) in [5.74, 6) is 0.909. The summed E-state index contributed by atoms with van der Waals surface area (Å²) in [6.07, 6.45) is 4.93. The molecule has 0 bridgehead atoms. The van der Waals surface area contributed by atoms with Crippen molar-refractivity contribution in [2.24, 2.45) is 0 Å².